The predicted molar refractivity (Wildman–Crippen MR) is 115 cm³/mol. The average molecular weight is 401 g/mol. The van der Waals surface area contributed by atoms with E-state index >= 15 is 0 Å². The molecule has 2 aromatic rings. The number of ether oxygens (including phenoxy) is 2. The molecular formula is C22H32N4O3. The molecule has 0 bridgehead atoms. The quantitative estimate of drug-likeness (QED) is 0.305. The Morgan fingerprint density at radius 2 is 1.97 bits per heavy atom. The van der Waals surface area contributed by atoms with Crippen molar-refractivity contribution in [3.8, 4) is 5.75 Å². The van der Waals surface area contributed by atoms with Gasteiger partial charge in [-0.15, -0.1) is 0 Å². The molecule has 2 rings (SSSR count). The van der Waals surface area contributed by atoms with Crippen LogP contribution in [0.4, 0.5) is 0 Å². The number of aliphatic hydroxyl groups is 1. The summed E-state index contributed by atoms with van der Waals surface area (Å²) >= 11 is 0. The minimum Gasteiger partial charge on any atom is -0.493 e. The Labute approximate surface area is 173 Å². The summed E-state index contributed by atoms with van der Waals surface area (Å²) in [5.41, 5.74) is 2.97. The molecule has 0 amide bonds. The third-order valence-corrected chi connectivity index (χ3v) is 4.28. The Balaban J connectivity index is 1.99. The number of pyridine rings is 1. The molecule has 1 unspecified atom stereocenters. The van der Waals surface area contributed by atoms with Gasteiger partial charge in [0, 0.05) is 51.2 Å². The lowest BCUT2D eigenvalue weighted by molar-refractivity contribution is 0.172. The van der Waals surface area contributed by atoms with Gasteiger partial charge in [-0.1, -0.05) is 12.1 Å². The second kappa shape index (κ2) is 12.7. The first-order valence-electron chi connectivity index (χ1n) is 9.95. The van der Waals surface area contributed by atoms with Crippen LogP contribution >= 0.6 is 0 Å². The van der Waals surface area contributed by atoms with Gasteiger partial charge in [0.15, 0.2) is 5.96 Å². The molecule has 0 spiro atoms. The van der Waals surface area contributed by atoms with Crippen LogP contribution in [0, 0.1) is 6.92 Å². The van der Waals surface area contributed by atoms with Crippen molar-refractivity contribution in [1.29, 1.82) is 0 Å². The van der Waals surface area contributed by atoms with Gasteiger partial charge in [-0.3, -0.25) is 4.98 Å². The maximum atomic E-state index is 10.3. The van der Waals surface area contributed by atoms with Gasteiger partial charge in [-0.2, -0.15) is 0 Å². The fourth-order valence-electron chi connectivity index (χ4n) is 2.71. The van der Waals surface area contributed by atoms with Crippen LogP contribution in [0.25, 0.3) is 0 Å². The molecule has 0 fully saturated rings. The number of guanidine groups is 1. The van der Waals surface area contributed by atoms with E-state index in [9.17, 15) is 5.11 Å². The summed E-state index contributed by atoms with van der Waals surface area (Å²) < 4.78 is 11.0. The molecule has 7 nitrogen and oxygen atoms in total. The first-order chi connectivity index (χ1) is 14.1. The Morgan fingerprint density at radius 1 is 1.17 bits per heavy atom. The van der Waals surface area contributed by atoms with Crippen LogP contribution in [-0.2, 0) is 11.3 Å². The van der Waals surface area contributed by atoms with Crippen molar-refractivity contribution in [2.45, 2.75) is 32.9 Å². The van der Waals surface area contributed by atoms with Crippen LogP contribution in [-0.4, -0.2) is 49.5 Å². The summed E-state index contributed by atoms with van der Waals surface area (Å²) in [6.07, 6.45) is 3.54. The molecule has 1 aromatic carbocycles. The average Bonchev–Trinajstić information content (AvgIpc) is 2.74. The van der Waals surface area contributed by atoms with E-state index in [0.717, 1.165) is 35.4 Å². The third kappa shape index (κ3) is 8.09. The zero-order valence-electron chi connectivity index (χ0n) is 17.5. The van der Waals surface area contributed by atoms with Crippen molar-refractivity contribution in [2.24, 2.45) is 4.99 Å². The van der Waals surface area contributed by atoms with Crippen molar-refractivity contribution < 1.29 is 14.6 Å². The van der Waals surface area contributed by atoms with Gasteiger partial charge in [0.1, 0.15) is 5.75 Å². The number of aliphatic imine (C=N–C) groups is 1. The van der Waals surface area contributed by atoms with Crippen LogP contribution in [0.3, 0.4) is 0 Å². The highest BCUT2D eigenvalue weighted by Crippen LogP contribution is 2.21. The number of hydrogen-bond acceptors (Lipinski definition) is 5. The highest BCUT2D eigenvalue weighted by molar-refractivity contribution is 5.79. The van der Waals surface area contributed by atoms with Crippen molar-refractivity contribution in [3.63, 3.8) is 0 Å². The van der Waals surface area contributed by atoms with Gasteiger partial charge in [0.05, 0.1) is 19.3 Å². The Morgan fingerprint density at radius 3 is 2.69 bits per heavy atom. The topological polar surface area (TPSA) is 88.0 Å². The number of methoxy groups -OCH3 is 1. The molecule has 158 valence electrons. The van der Waals surface area contributed by atoms with E-state index in [1.54, 1.807) is 31.6 Å². The molecule has 0 aliphatic rings. The second-order valence-electron chi connectivity index (χ2n) is 6.68. The summed E-state index contributed by atoms with van der Waals surface area (Å²) in [6, 6.07) is 9.73. The monoisotopic (exact) mass is 400 g/mol. The van der Waals surface area contributed by atoms with Gasteiger partial charge >= 0.3 is 0 Å². The summed E-state index contributed by atoms with van der Waals surface area (Å²) in [5.74, 6) is 1.49. The van der Waals surface area contributed by atoms with E-state index in [2.05, 4.69) is 26.7 Å². The fraction of sp³-hybridized carbons (Fsp3) is 0.455. The van der Waals surface area contributed by atoms with E-state index < -0.39 is 6.10 Å². The number of nitrogens with zero attached hydrogens (tertiary/aromatic N) is 2. The maximum absolute atomic E-state index is 10.3. The highest BCUT2D eigenvalue weighted by atomic mass is 16.5. The molecule has 0 radical (unpaired) electrons. The SMILES string of the molecule is CCNC(=NCc1ccc(C)cc1OCCCOC)NCC(O)c1ccncc1. The number of aryl methyl sites for hydroxylation is 1. The zero-order valence-corrected chi connectivity index (χ0v) is 17.5. The first-order valence-corrected chi connectivity index (χ1v) is 9.95. The second-order valence-corrected chi connectivity index (χ2v) is 6.68. The van der Waals surface area contributed by atoms with Crippen molar-refractivity contribution in [1.82, 2.24) is 15.6 Å². The molecule has 1 aromatic heterocycles. The van der Waals surface area contributed by atoms with E-state index in [1.807, 2.05) is 26.0 Å². The lowest BCUT2D eigenvalue weighted by atomic mass is 10.1. The predicted octanol–water partition coefficient (Wildman–Crippen LogP) is 2.59. The van der Waals surface area contributed by atoms with E-state index in [4.69, 9.17) is 9.47 Å². The number of aromatic nitrogens is 1. The molecule has 0 aliphatic heterocycles. The van der Waals surface area contributed by atoms with Crippen molar-refractivity contribution >= 4 is 5.96 Å². The van der Waals surface area contributed by atoms with Crippen LogP contribution in [0.2, 0.25) is 0 Å². The number of benzene rings is 1. The number of nitrogens with one attached hydrogen (secondary N) is 2. The summed E-state index contributed by atoms with van der Waals surface area (Å²) in [5, 5.41) is 16.7. The number of rotatable bonds is 11. The molecule has 0 aliphatic carbocycles. The maximum Gasteiger partial charge on any atom is 0.191 e. The summed E-state index contributed by atoms with van der Waals surface area (Å²) in [6.45, 7) is 6.88. The lowest BCUT2D eigenvalue weighted by Crippen LogP contribution is -2.39. The van der Waals surface area contributed by atoms with Gasteiger partial charge in [-0.25, -0.2) is 4.99 Å². The molecule has 1 atom stereocenters. The van der Waals surface area contributed by atoms with Gasteiger partial charge in [-0.05, 0) is 43.2 Å². The highest BCUT2D eigenvalue weighted by Gasteiger charge is 2.09. The van der Waals surface area contributed by atoms with Gasteiger partial charge in [0.2, 0.25) is 0 Å². The zero-order chi connectivity index (χ0) is 20.9. The van der Waals surface area contributed by atoms with Crippen LogP contribution in [0.5, 0.6) is 5.75 Å². The van der Waals surface area contributed by atoms with Crippen LogP contribution in [0.1, 0.15) is 36.1 Å². The van der Waals surface area contributed by atoms with E-state index in [1.165, 1.54) is 0 Å². The molecule has 7 heteroatoms. The molecule has 0 saturated heterocycles. The normalized spacial score (nSPS) is 12.5. The van der Waals surface area contributed by atoms with Gasteiger partial charge < -0.3 is 25.2 Å². The van der Waals surface area contributed by atoms with Crippen molar-refractivity contribution in [3.05, 3.63) is 59.4 Å². The molecule has 0 saturated carbocycles. The largest absolute Gasteiger partial charge is 0.493 e. The standard InChI is InChI=1S/C22H32N4O3/c1-4-24-22(26-16-20(27)18-8-10-23-11-9-18)25-15-19-7-6-17(2)14-21(19)29-13-5-12-28-3/h6-11,14,20,27H,4-5,12-13,15-16H2,1-3H3,(H2,24,25,26). The van der Waals surface area contributed by atoms with E-state index in [0.29, 0.717) is 32.3 Å². The summed E-state index contributed by atoms with van der Waals surface area (Å²) in [4.78, 5) is 8.63. The minimum absolute atomic E-state index is 0.351. The Hall–Kier alpha value is -2.64. The minimum atomic E-state index is -0.638. The fourth-order valence-corrected chi connectivity index (χ4v) is 2.71. The molecule has 3 N–H and O–H groups in total. The smallest absolute Gasteiger partial charge is 0.191 e. The lowest BCUT2D eigenvalue weighted by Gasteiger charge is -2.16. The van der Waals surface area contributed by atoms with Crippen LogP contribution in [0.15, 0.2) is 47.7 Å². The number of hydrogen-bond donors (Lipinski definition) is 3. The Kier molecular flexibility index (Phi) is 9.95. The van der Waals surface area contributed by atoms with E-state index in [-0.39, 0.29) is 0 Å². The Bertz CT molecular complexity index is 753. The van der Waals surface area contributed by atoms with Gasteiger partial charge in [0.25, 0.3) is 0 Å². The summed E-state index contributed by atoms with van der Waals surface area (Å²) in [7, 11) is 1.69. The molecular weight excluding hydrogens is 368 g/mol. The molecule has 29 heavy (non-hydrogen) atoms. The molecule has 1 heterocycles. The first kappa shape index (κ1) is 22.6. The van der Waals surface area contributed by atoms with Crippen molar-refractivity contribution in [2.75, 3.05) is 33.4 Å². The third-order valence-electron chi connectivity index (χ3n) is 4.28. The number of aliphatic hydroxyl groups excluding tert-OH is 1. The van der Waals surface area contributed by atoms with Crippen LogP contribution < -0.4 is 15.4 Å².